The molecule has 0 radical (unpaired) electrons. The van der Waals surface area contributed by atoms with Crippen molar-refractivity contribution in [1.82, 2.24) is 0 Å². The summed E-state index contributed by atoms with van der Waals surface area (Å²) in [4.78, 5) is 0. The Morgan fingerprint density at radius 1 is 1.50 bits per heavy atom. The maximum Gasteiger partial charge on any atom is 0.137 e. The second-order valence-electron chi connectivity index (χ2n) is 4.56. The van der Waals surface area contributed by atoms with Gasteiger partial charge in [-0.3, -0.25) is 0 Å². The fourth-order valence-corrected chi connectivity index (χ4v) is 1.61. The Kier molecular flexibility index (Phi) is 2.84. The first-order chi connectivity index (χ1) is 7.69. The minimum Gasteiger partial charge on any atom is -0.492 e. The molecule has 1 saturated carbocycles. The van der Waals surface area contributed by atoms with Crippen LogP contribution in [0.5, 0.6) is 5.75 Å². The number of aryl methyl sites for hydroxylation is 1. The Labute approximate surface area is 95.3 Å². The van der Waals surface area contributed by atoms with Crippen LogP contribution in [0.3, 0.4) is 0 Å². The smallest absolute Gasteiger partial charge is 0.137 e. The van der Waals surface area contributed by atoms with Crippen LogP contribution in [0.2, 0.25) is 0 Å². The van der Waals surface area contributed by atoms with Crippen molar-refractivity contribution in [3.8, 4) is 11.8 Å². The summed E-state index contributed by atoms with van der Waals surface area (Å²) in [6.45, 7) is 2.61. The highest BCUT2D eigenvalue weighted by Gasteiger charge is 2.43. The second kappa shape index (κ2) is 4.15. The van der Waals surface area contributed by atoms with Crippen molar-refractivity contribution < 1.29 is 9.84 Å². The first-order valence-corrected chi connectivity index (χ1v) is 5.43. The molecule has 84 valence electrons. The van der Waals surface area contributed by atoms with E-state index in [0.717, 1.165) is 18.4 Å². The van der Waals surface area contributed by atoms with Gasteiger partial charge in [0.25, 0.3) is 0 Å². The van der Waals surface area contributed by atoms with E-state index in [2.05, 4.69) is 6.07 Å². The number of benzene rings is 1. The molecule has 0 bridgehead atoms. The van der Waals surface area contributed by atoms with E-state index in [1.807, 2.05) is 25.1 Å². The molecule has 1 aromatic rings. The number of hydrogen-bond donors (Lipinski definition) is 1. The summed E-state index contributed by atoms with van der Waals surface area (Å²) in [6.07, 6.45) is 2.02. The molecule has 1 fully saturated rings. The summed E-state index contributed by atoms with van der Waals surface area (Å²) in [5.41, 5.74) is 1.57. The van der Waals surface area contributed by atoms with Gasteiger partial charge in [-0.05, 0) is 37.5 Å². The molecule has 0 unspecified atom stereocenters. The average Bonchev–Trinajstić information content (AvgIpc) is 3.08. The fraction of sp³-hybridized carbons (Fsp3) is 0.462. The fourth-order valence-electron chi connectivity index (χ4n) is 1.61. The van der Waals surface area contributed by atoms with Crippen molar-refractivity contribution in [2.24, 2.45) is 5.41 Å². The summed E-state index contributed by atoms with van der Waals surface area (Å²) in [5.74, 6) is 0.618. The van der Waals surface area contributed by atoms with Crippen LogP contribution in [0, 0.1) is 23.7 Å². The molecule has 0 aliphatic heterocycles. The number of rotatable bonds is 4. The van der Waals surface area contributed by atoms with Crippen molar-refractivity contribution in [2.45, 2.75) is 19.8 Å². The highest BCUT2D eigenvalue weighted by molar-refractivity contribution is 5.45. The summed E-state index contributed by atoms with van der Waals surface area (Å²) in [7, 11) is 0. The summed E-state index contributed by atoms with van der Waals surface area (Å²) in [6, 6.07) is 7.68. The molecule has 3 heteroatoms. The molecule has 0 heterocycles. The van der Waals surface area contributed by atoms with Gasteiger partial charge in [0, 0.05) is 5.41 Å². The largest absolute Gasteiger partial charge is 0.492 e. The number of aliphatic hydroxyl groups excluding tert-OH is 1. The van der Waals surface area contributed by atoms with E-state index in [-0.39, 0.29) is 12.0 Å². The van der Waals surface area contributed by atoms with Crippen LogP contribution in [0.15, 0.2) is 18.2 Å². The molecule has 0 amide bonds. The zero-order chi connectivity index (χ0) is 11.6. The van der Waals surface area contributed by atoms with Crippen molar-refractivity contribution in [3.63, 3.8) is 0 Å². The first-order valence-electron chi connectivity index (χ1n) is 5.43. The zero-order valence-corrected chi connectivity index (χ0v) is 9.36. The second-order valence-corrected chi connectivity index (χ2v) is 4.56. The molecule has 1 N–H and O–H groups in total. The van der Waals surface area contributed by atoms with Gasteiger partial charge in [-0.25, -0.2) is 0 Å². The van der Waals surface area contributed by atoms with Crippen molar-refractivity contribution >= 4 is 0 Å². The Hall–Kier alpha value is -1.53. The third-order valence-corrected chi connectivity index (χ3v) is 3.08. The van der Waals surface area contributed by atoms with Gasteiger partial charge in [0.15, 0.2) is 0 Å². The van der Waals surface area contributed by atoms with Crippen LogP contribution >= 0.6 is 0 Å². The summed E-state index contributed by atoms with van der Waals surface area (Å²) >= 11 is 0. The van der Waals surface area contributed by atoms with Gasteiger partial charge in [0.1, 0.15) is 11.8 Å². The lowest BCUT2D eigenvalue weighted by molar-refractivity contribution is 0.146. The topological polar surface area (TPSA) is 53.2 Å². The Bertz CT molecular complexity index is 430. The predicted octanol–water partition coefficient (Wildman–Crippen LogP) is 2.02. The van der Waals surface area contributed by atoms with Gasteiger partial charge in [0.2, 0.25) is 0 Å². The van der Waals surface area contributed by atoms with Crippen molar-refractivity contribution in [1.29, 1.82) is 5.26 Å². The third kappa shape index (κ3) is 2.17. The first kappa shape index (κ1) is 11.0. The Morgan fingerprint density at radius 3 is 2.81 bits per heavy atom. The molecule has 1 aliphatic carbocycles. The van der Waals surface area contributed by atoms with Gasteiger partial charge >= 0.3 is 0 Å². The molecule has 1 aromatic carbocycles. The number of nitriles is 1. The monoisotopic (exact) mass is 217 g/mol. The molecular formula is C13H15NO2. The number of nitrogens with zero attached hydrogens (tertiary/aromatic N) is 1. The van der Waals surface area contributed by atoms with Gasteiger partial charge in [-0.2, -0.15) is 5.26 Å². The van der Waals surface area contributed by atoms with Gasteiger partial charge < -0.3 is 9.84 Å². The minimum absolute atomic E-state index is 0.0440. The van der Waals surface area contributed by atoms with E-state index >= 15 is 0 Å². The molecule has 0 aromatic heterocycles. The van der Waals surface area contributed by atoms with Crippen LogP contribution in [-0.4, -0.2) is 18.3 Å². The Morgan fingerprint density at radius 2 is 2.25 bits per heavy atom. The Balaban J connectivity index is 2.07. The molecule has 0 atom stereocenters. The highest BCUT2D eigenvalue weighted by atomic mass is 16.5. The van der Waals surface area contributed by atoms with E-state index in [1.165, 1.54) is 0 Å². The summed E-state index contributed by atoms with van der Waals surface area (Å²) in [5, 5.41) is 18.1. The third-order valence-electron chi connectivity index (χ3n) is 3.08. The lowest BCUT2D eigenvalue weighted by Gasteiger charge is -2.14. The van der Waals surface area contributed by atoms with E-state index in [1.54, 1.807) is 0 Å². The van der Waals surface area contributed by atoms with E-state index in [9.17, 15) is 0 Å². The molecule has 1 aliphatic rings. The molecule has 2 rings (SSSR count). The lowest BCUT2D eigenvalue weighted by atomic mass is 10.1. The highest BCUT2D eigenvalue weighted by Crippen LogP contribution is 2.45. The van der Waals surface area contributed by atoms with Gasteiger partial charge in [-0.1, -0.05) is 6.07 Å². The molecular weight excluding hydrogens is 202 g/mol. The van der Waals surface area contributed by atoms with Gasteiger partial charge in [0.05, 0.1) is 18.8 Å². The number of hydrogen-bond acceptors (Lipinski definition) is 3. The van der Waals surface area contributed by atoms with E-state index in [0.29, 0.717) is 17.9 Å². The normalized spacial score (nSPS) is 16.6. The van der Waals surface area contributed by atoms with E-state index < -0.39 is 0 Å². The average molecular weight is 217 g/mol. The van der Waals surface area contributed by atoms with Crippen LogP contribution in [0.4, 0.5) is 0 Å². The SMILES string of the molecule is Cc1ccc(OCC2(CO)CC2)c(C#N)c1. The zero-order valence-electron chi connectivity index (χ0n) is 9.36. The van der Waals surface area contributed by atoms with Crippen LogP contribution in [-0.2, 0) is 0 Å². The maximum atomic E-state index is 9.16. The lowest BCUT2D eigenvalue weighted by Crippen LogP contribution is -2.17. The molecule has 3 nitrogen and oxygen atoms in total. The maximum absolute atomic E-state index is 9.16. The van der Waals surface area contributed by atoms with Crippen molar-refractivity contribution in [3.05, 3.63) is 29.3 Å². The van der Waals surface area contributed by atoms with Crippen LogP contribution < -0.4 is 4.74 Å². The molecule has 0 spiro atoms. The van der Waals surface area contributed by atoms with Gasteiger partial charge in [-0.15, -0.1) is 0 Å². The quantitative estimate of drug-likeness (QED) is 0.839. The van der Waals surface area contributed by atoms with E-state index in [4.69, 9.17) is 15.1 Å². The minimum atomic E-state index is -0.0440. The number of aliphatic hydroxyl groups is 1. The number of ether oxygens (including phenoxy) is 1. The molecule has 0 saturated heterocycles. The van der Waals surface area contributed by atoms with Crippen molar-refractivity contribution in [2.75, 3.05) is 13.2 Å². The van der Waals surface area contributed by atoms with Crippen LogP contribution in [0.25, 0.3) is 0 Å². The predicted molar refractivity (Wildman–Crippen MR) is 60.1 cm³/mol. The standard InChI is InChI=1S/C13H15NO2/c1-10-2-3-12(11(6-10)7-14)16-9-13(8-15)4-5-13/h2-3,6,15H,4-5,8-9H2,1H3. The summed E-state index contributed by atoms with van der Waals surface area (Å²) < 4.78 is 5.62. The van der Waals surface area contributed by atoms with Crippen LogP contribution in [0.1, 0.15) is 24.0 Å². The molecule has 16 heavy (non-hydrogen) atoms.